The molecule has 0 saturated heterocycles. The maximum atomic E-state index is 12.0. The van der Waals surface area contributed by atoms with Crippen LogP contribution in [0.15, 0.2) is 18.2 Å². The van der Waals surface area contributed by atoms with Crippen LogP contribution in [0.4, 0.5) is 0 Å². The number of ether oxygens (including phenoxy) is 2. The van der Waals surface area contributed by atoms with Gasteiger partial charge in [-0.3, -0.25) is 4.79 Å². The minimum atomic E-state index is -0.0850. The minimum Gasteiger partial charge on any atom is -0.497 e. The zero-order valence-corrected chi connectivity index (χ0v) is 11.7. The molecule has 1 aliphatic rings. The van der Waals surface area contributed by atoms with E-state index in [1.165, 1.54) is 0 Å². The third-order valence-corrected chi connectivity index (χ3v) is 3.74. The van der Waals surface area contributed by atoms with Gasteiger partial charge in [-0.1, -0.05) is 6.42 Å². The number of benzene rings is 1. The fourth-order valence-corrected chi connectivity index (χ4v) is 2.26. The molecule has 0 bridgehead atoms. The van der Waals surface area contributed by atoms with E-state index >= 15 is 0 Å². The highest BCUT2D eigenvalue weighted by molar-refractivity contribution is 5.79. The Balaban J connectivity index is 2.11. The summed E-state index contributed by atoms with van der Waals surface area (Å²) >= 11 is 0. The van der Waals surface area contributed by atoms with Gasteiger partial charge in [0, 0.05) is 11.5 Å². The van der Waals surface area contributed by atoms with Crippen LogP contribution in [0.1, 0.15) is 37.8 Å². The molecular weight excluding hydrogens is 242 g/mol. The lowest BCUT2D eigenvalue weighted by molar-refractivity contribution is -0.128. The first-order valence-corrected chi connectivity index (χ1v) is 6.68. The highest BCUT2D eigenvalue weighted by Gasteiger charge is 2.26. The van der Waals surface area contributed by atoms with Crippen molar-refractivity contribution in [2.45, 2.75) is 32.2 Å². The molecule has 1 aliphatic carbocycles. The summed E-state index contributed by atoms with van der Waals surface area (Å²) in [6.07, 6.45) is 3.18. The highest BCUT2D eigenvalue weighted by atomic mass is 16.5. The lowest BCUT2D eigenvalue weighted by atomic mass is 9.84. The maximum absolute atomic E-state index is 12.0. The molecule has 4 nitrogen and oxygen atoms in total. The highest BCUT2D eigenvalue weighted by Crippen LogP contribution is 2.31. The Bertz CT molecular complexity index is 455. The van der Waals surface area contributed by atoms with Crippen molar-refractivity contribution in [3.8, 4) is 11.5 Å². The Morgan fingerprint density at radius 1 is 1.32 bits per heavy atom. The monoisotopic (exact) mass is 263 g/mol. The Morgan fingerprint density at radius 2 is 2.05 bits per heavy atom. The average Bonchev–Trinajstić information content (AvgIpc) is 2.35. The number of amides is 1. The van der Waals surface area contributed by atoms with Crippen molar-refractivity contribution < 1.29 is 14.3 Å². The standard InChI is InChI=1S/C15H21NO3/c1-10(16-15(17)11-5-4-6-11)13-9-12(18-2)7-8-14(13)19-3/h7-11H,4-6H2,1-3H3,(H,16,17). The Morgan fingerprint density at radius 3 is 2.58 bits per heavy atom. The molecule has 0 heterocycles. The van der Waals surface area contributed by atoms with Crippen LogP contribution in [-0.4, -0.2) is 20.1 Å². The van der Waals surface area contributed by atoms with Gasteiger partial charge in [-0.25, -0.2) is 0 Å². The first-order chi connectivity index (χ1) is 9.15. The van der Waals surface area contributed by atoms with E-state index in [9.17, 15) is 4.79 Å². The van der Waals surface area contributed by atoms with Crippen molar-refractivity contribution in [2.24, 2.45) is 5.92 Å². The summed E-state index contributed by atoms with van der Waals surface area (Å²) in [5.41, 5.74) is 0.939. The quantitative estimate of drug-likeness (QED) is 0.888. The van der Waals surface area contributed by atoms with Gasteiger partial charge in [0.05, 0.1) is 20.3 Å². The lowest BCUT2D eigenvalue weighted by Gasteiger charge is -2.26. The molecule has 1 aromatic rings. The largest absolute Gasteiger partial charge is 0.497 e. The molecule has 1 saturated carbocycles. The van der Waals surface area contributed by atoms with E-state index in [-0.39, 0.29) is 17.9 Å². The molecule has 2 rings (SSSR count). The van der Waals surface area contributed by atoms with Gasteiger partial charge in [-0.2, -0.15) is 0 Å². The van der Waals surface area contributed by atoms with Crippen LogP contribution in [0.25, 0.3) is 0 Å². The van der Waals surface area contributed by atoms with Crippen LogP contribution >= 0.6 is 0 Å². The summed E-state index contributed by atoms with van der Waals surface area (Å²) in [6, 6.07) is 5.53. The zero-order chi connectivity index (χ0) is 13.8. The smallest absolute Gasteiger partial charge is 0.223 e. The van der Waals surface area contributed by atoms with Crippen LogP contribution in [-0.2, 0) is 4.79 Å². The summed E-state index contributed by atoms with van der Waals surface area (Å²) < 4.78 is 10.6. The van der Waals surface area contributed by atoms with Gasteiger partial charge in [0.15, 0.2) is 0 Å². The first-order valence-electron chi connectivity index (χ1n) is 6.68. The molecule has 104 valence electrons. The number of nitrogens with one attached hydrogen (secondary N) is 1. The van der Waals surface area contributed by atoms with Crippen LogP contribution < -0.4 is 14.8 Å². The normalized spacial score (nSPS) is 16.4. The molecule has 1 N–H and O–H groups in total. The molecule has 4 heteroatoms. The summed E-state index contributed by atoms with van der Waals surface area (Å²) in [5.74, 6) is 1.87. The number of carbonyl (C=O) groups is 1. The van der Waals surface area contributed by atoms with Crippen molar-refractivity contribution in [1.29, 1.82) is 0 Å². The SMILES string of the molecule is COc1ccc(OC)c(C(C)NC(=O)C2CCC2)c1. The van der Waals surface area contributed by atoms with Gasteiger partial charge in [-0.05, 0) is 38.0 Å². The van der Waals surface area contributed by atoms with Crippen molar-refractivity contribution >= 4 is 5.91 Å². The van der Waals surface area contributed by atoms with Gasteiger partial charge in [0.25, 0.3) is 0 Å². The molecule has 1 unspecified atom stereocenters. The van der Waals surface area contributed by atoms with E-state index in [4.69, 9.17) is 9.47 Å². The molecule has 0 radical (unpaired) electrons. The third kappa shape index (κ3) is 3.00. The van der Waals surface area contributed by atoms with Gasteiger partial charge in [-0.15, -0.1) is 0 Å². The average molecular weight is 263 g/mol. The summed E-state index contributed by atoms with van der Waals surface area (Å²) in [6.45, 7) is 1.97. The minimum absolute atomic E-state index is 0.0850. The van der Waals surface area contributed by atoms with E-state index in [1.54, 1.807) is 14.2 Å². The van der Waals surface area contributed by atoms with Gasteiger partial charge in [0.1, 0.15) is 11.5 Å². The second kappa shape index (κ2) is 5.95. The van der Waals surface area contributed by atoms with E-state index in [0.29, 0.717) is 0 Å². The maximum Gasteiger partial charge on any atom is 0.223 e. The van der Waals surface area contributed by atoms with E-state index < -0.39 is 0 Å². The van der Waals surface area contributed by atoms with E-state index in [0.717, 1.165) is 36.3 Å². The Labute approximate surface area is 114 Å². The Hall–Kier alpha value is -1.71. The van der Waals surface area contributed by atoms with Crippen molar-refractivity contribution in [3.05, 3.63) is 23.8 Å². The van der Waals surface area contributed by atoms with Crippen molar-refractivity contribution in [3.63, 3.8) is 0 Å². The molecule has 0 aliphatic heterocycles. The van der Waals surface area contributed by atoms with Gasteiger partial charge >= 0.3 is 0 Å². The fraction of sp³-hybridized carbons (Fsp3) is 0.533. The van der Waals surface area contributed by atoms with Crippen LogP contribution in [0.3, 0.4) is 0 Å². The summed E-state index contributed by atoms with van der Waals surface area (Å²) in [7, 11) is 3.26. The number of hydrogen-bond donors (Lipinski definition) is 1. The first kappa shape index (κ1) is 13.7. The molecule has 0 aromatic heterocycles. The third-order valence-electron chi connectivity index (χ3n) is 3.74. The van der Waals surface area contributed by atoms with Gasteiger partial charge in [0.2, 0.25) is 5.91 Å². The molecule has 1 fully saturated rings. The molecule has 19 heavy (non-hydrogen) atoms. The topological polar surface area (TPSA) is 47.6 Å². The Kier molecular flexibility index (Phi) is 4.30. The lowest BCUT2D eigenvalue weighted by Crippen LogP contribution is -2.36. The summed E-state index contributed by atoms with van der Waals surface area (Å²) in [5, 5.41) is 3.05. The van der Waals surface area contributed by atoms with E-state index in [2.05, 4.69) is 5.32 Å². The number of rotatable bonds is 5. The van der Waals surface area contributed by atoms with Crippen LogP contribution in [0.5, 0.6) is 11.5 Å². The molecular formula is C15H21NO3. The zero-order valence-electron chi connectivity index (χ0n) is 11.7. The molecule has 1 atom stereocenters. The second-order valence-electron chi connectivity index (χ2n) is 4.97. The molecule has 0 spiro atoms. The second-order valence-corrected chi connectivity index (χ2v) is 4.97. The fourth-order valence-electron chi connectivity index (χ4n) is 2.26. The van der Waals surface area contributed by atoms with Crippen LogP contribution in [0.2, 0.25) is 0 Å². The van der Waals surface area contributed by atoms with E-state index in [1.807, 2.05) is 25.1 Å². The van der Waals surface area contributed by atoms with Gasteiger partial charge < -0.3 is 14.8 Å². The molecule has 1 amide bonds. The summed E-state index contributed by atoms with van der Waals surface area (Å²) in [4.78, 5) is 12.0. The van der Waals surface area contributed by atoms with Crippen molar-refractivity contribution in [1.82, 2.24) is 5.32 Å². The number of carbonyl (C=O) groups excluding carboxylic acids is 1. The predicted molar refractivity (Wildman–Crippen MR) is 73.4 cm³/mol. The van der Waals surface area contributed by atoms with Crippen LogP contribution in [0, 0.1) is 5.92 Å². The molecule has 1 aromatic carbocycles. The predicted octanol–water partition coefficient (Wildman–Crippen LogP) is 2.68. The number of methoxy groups -OCH3 is 2. The van der Waals surface area contributed by atoms with Crippen molar-refractivity contribution in [2.75, 3.05) is 14.2 Å². The number of hydrogen-bond acceptors (Lipinski definition) is 3.